The van der Waals surface area contributed by atoms with Crippen molar-refractivity contribution in [3.63, 3.8) is 0 Å². The average Bonchev–Trinajstić information content (AvgIpc) is 3.58. The molecular weight excluding hydrogens is 394 g/mol. The molecule has 156 valence electrons. The maximum atomic E-state index is 13.2. The zero-order valence-electron chi connectivity index (χ0n) is 16.9. The van der Waals surface area contributed by atoms with Crippen LogP contribution >= 0.6 is 0 Å². The summed E-state index contributed by atoms with van der Waals surface area (Å²) in [5.41, 5.74) is 0.834. The van der Waals surface area contributed by atoms with Crippen molar-refractivity contribution in [2.45, 2.75) is 6.42 Å². The second-order valence-electron chi connectivity index (χ2n) is 8.75. The number of amides is 2. The first-order valence-electron chi connectivity index (χ1n) is 10.6. The molecule has 2 saturated carbocycles. The molecule has 1 aliphatic heterocycles. The number of allylic oxidation sites excluding steroid dienone is 2. The number of hydrogen-bond donors (Lipinski definition) is 0. The molecule has 0 spiro atoms. The average molecular weight is 415 g/mol. The number of carbonyl (C=O) groups is 3. The maximum Gasteiger partial charge on any atom is 0.343 e. The number of carbonyl (C=O) groups excluding carboxylic acids is 3. The van der Waals surface area contributed by atoms with Crippen LogP contribution in [0.3, 0.4) is 0 Å². The van der Waals surface area contributed by atoms with Crippen molar-refractivity contribution < 1.29 is 23.9 Å². The molecule has 1 saturated heterocycles. The van der Waals surface area contributed by atoms with Crippen LogP contribution in [-0.2, 0) is 9.59 Å². The molecule has 6 heteroatoms. The highest BCUT2D eigenvalue weighted by Gasteiger charge is 2.67. The van der Waals surface area contributed by atoms with Crippen LogP contribution in [0.15, 0.2) is 60.7 Å². The Balaban J connectivity index is 1.23. The minimum absolute atomic E-state index is 0.107. The van der Waals surface area contributed by atoms with Crippen LogP contribution in [-0.4, -0.2) is 24.9 Å². The van der Waals surface area contributed by atoms with E-state index in [1.807, 2.05) is 0 Å². The summed E-state index contributed by atoms with van der Waals surface area (Å²) in [6.07, 6.45) is 5.45. The monoisotopic (exact) mass is 415 g/mol. The highest BCUT2D eigenvalue weighted by Crippen LogP contribution is 2.65. The lowest BCUT2D eigenvalue weighted by molar-refractivity contribution is -0.124. The third-order valence-electron chi connectivity index (χ3n) is 7.30. The van der Waals surface area contributed by atoms with Crippen LogP contribution < -0.4 is 14.4 Å². The Kier molecular flexibility index (Phi) is 3.88. The number of para-hydroxylation sites is 2. The normalized spacial score (nSPS) is 32.0. The van der Waals surface area contributed by atoms with E-state index < -0.39 is 5.97 Å². The first kappa shape index (κ1) is 18.4. The molecule has 6 atom stereocenters. The Bertz CT molecular complexity index is 1100. The number of hydrogen-bond acceptors (Lipinski definition) is 5. The number of anilines is 1. The Morgan fingerprint density at radius 3 is 2.03 bits per heavy atom. The summed E-state index contributed by atoms with van der Waals surface area (Å²) in [7, 11) is 1.51. The predicted molar refractivity (Wildman–Crippen MR) is 112 cm³/mol. The largest absolute Gasteiger partial charge is 0.493 e. The van der Waals surface area contributed by atoms with E-state index in [0.717, 1.165) is 6.42 Å². The molecule has 3 fully saturated rings. The quantitative estimate of drug-likeness (QED) is 0.331. The molecule has 0 aromatic heterocycles. The molecule has 1 heterocycles. The Hall–Kier alpha value is -3.41. The first-order valence-corrected chi connectivity index (χ1v) is 10.6. The molecule has 4 aliphatic carbocycles. The first-order chi connectivity index (χ1) is 15.1. The van der Waals surface area contributed by atoms with Gasteiger partial charge in [0.2, 0.25) is 11.8 Å². The minimum Gasteiger partial charge on any atom is -0.493 e. The lowest BCUT2D eigenvalue weighted by Crippen LogP contribution is -2.40. The Morgan fingerprint density at radius 1 is 0.871 bits per heavy atom. The summed E-state index contributed by atoms with van der Waals surface area (Å²) in [5.74, 6) is 1.09. The zero-order valence-corrected chi connectivity index (χ0v) is 16.9. The van der Waals surface area contributed by atoms with Gasteiger partial charge < -0.3 is 9.47 Å². The topological polar surface area (TPSA) is 72.9 Å². The number of esters is 1. The number of imide groups is 1. The lowest BCUT2D eigenvalue weighted by atomic mass is 9.63. The van der Waals surface area contributed by atoms with Crippen LogP contribution in [0, 0.1) is 35.5 Å². The van der Waals surface area contributed by atoms with Crippen LogP contribution in [0.4, 0.5) is 5.69 Å². The van der Waals surface area contributed by atoms with Gasteiger partial charge in [-0.2, -0.15) is 0 Å². The third kappa shape index (κ3) is 2.60. The zero-order chi connectivity index (χ0) is 21.3. The van der Waals surface area contributed by atoms with Gasteiger partial charge in [0.1, 0.15) is 0 Å². The summed E-state index contributed by atoms with van der Waals surface area (Å²) >= 11 is 0. The summed E-state index contributed by atoms with van der Waals surface area (Å²) in [6, 6.07) is 13.4. The van der Waals surface area contributed by atoms with Gasteiger partial charge in [0.25, 0.3) is 0 Å². The highest BCUT2D eigenvalue weighted by atomic mass is 16.6. The van der Waals surface area contributed by atoms with Crippen LogP contribution in [0.5, 0.6) is 11.5 Å². The van der Waals surface area contributed by atoms with Gasteiger partial charge in [-0.25, -0.2) is 4.79 Å². The smallest absolute Gasteiger partial charge is 0.343 e. The summed E-state index contributed by atoms with van der Waals surface area (Å²) in [6.45, 7) is 0. The molecule has 0 unspecified atom stereocenters. The maximum absolute atomic E-state index is 13.2. The van der Waals surface area contributed by atoms with Crippen molar-refractivity contribution in [3.8, 4) is 11.5 Å². The number of nitrogens with zero attached hydrogens (tertiary/aromatic N) is 1. The van der Waals surface area contributed by atoms with Crippen molar-refractivity contribution in [2.24, 2.45) is 35.5 Å². The minimum atomic E-state index is -0.536. The standard InChI is InChI=1S/C25H21NO5/c1-30-19-4-2-3-5-20(19)31-25(29)13-6-8-14(9-7-13)26-23(27)21-15-10-11-16(18-12-17(15)18)22(21)24(26)28/h2-11,15-18,21-22H,12H2,1H3/t15-,16-,17-,18-,21-,22+/m0/s1. The number of rotatable bonds is 4. The van der Waals surface area contributed by atoms with E-state index in [-0.39, 0.29) is 35.5 Å². The summed E-state index contributed by atoms with van der Waals surface area (Å²) in [5, 5.41) is 0. The van der Waals surface area contributed by atoms with Crippen molar-refractivity contribution in [2.75, 3.05) is 12.0 Å². The van der Waals surface area contributed by atoms with Gasteiger partial charge in [-0.1, -0.05) is 24.3 Å². The van der Waals surface area contributed by atoms with Gasteiger partial charge in [0.15, 0.2) is 11.5 Å². The molecule has 6 nitrogen and oxygen atoms in total. The van der Waals surface area contributed by atoms with E-state index in [9.17, 15) is 14.4 Å². The van der Waals surface area contributed by atoms with Crippen LogP contribution in [0.25, 0.3) is 0 Å². The number of methoxy groups -OCH3 is 1. The molecule has 0 N–H and O–H groups in total. The fraction of sp³-hybridized carbons (Fsp3) is 0.320. The molecule has 5 aliphatic rings. The predicted octanol–water partition coefficient (Wildman–Crippen LogP) is 3.47. The fourth-order valence-corrected chi connectivity index (χ4v) is 5.82. The third-order valence-corrected chi connectivity index (χ3v) is 7.30. The van der Waals surface area contributed by atoms with Gasteiger partial charge >= 0.3 is 5.97 Å². The Morgan fingerprint density at radius 2 is 1.45 bits per heavy atom. The summed E-state index contributed by atoms with van der Waals surface area (Å²) in [4.78, 5) is 40.3. The molecule has 2 aromatic carbocycles. The van der Waals surface area contributed by atoms with E-state index in [0.29, 0.717) is 34.6 Å². The Labute approximate surface area is 179 Å². The van der Waals surface area contributed by atoms with Gasteiger partial charge in [0.05, 0.1) is 30.2 Å². The van der Waals surface area contributed by atoms with Gasteiger partial charge in [0, 0.05) is 0 Å². The summed E-state index contributed by atoms with van der Waals surface area (Å²) < 4.78 is 10.6. The van der Waals surface area contributed by atoms with E-state index >= 15 is 0 Å². The number of ether oxygens (including phenoxy) is 2. The SMILES string of the molecule is COc1ccccc1OC(=O)c1ccc(N2C(=O)[C@@H]3[C@H]4C=C[C@@H]([C@@H]5C[C@@H]45)[C@@H]3C2=O)cc1. The van der Waals surface area contributed by atoms with E-state index in [2.05, 4.69) is 12.2 Å². The van der Waals surface area contributed by atoms with Gasteiger partial charge in [-0.3, -0.25) is 14.5 Å². The molecular formula is C25H21NO5. The molecule has 0 radical (unpaired) electrons. The second-order valence-corrected chi connectivity index (χ2v) is 8.75. The van der Waals surface area contributed by atoms with Gasteiger partial charge in [-0.05, 0) is 66.5 Å². The molecule has 2 amide bonds. The van der Waals surface area contributed by atoms with Crippen LogP contribution in [0.2, 0.25) is 0 Å². The van der Waals surface area contributed by atoms with Crippen molar-refractivity contribution in [1.82, 2.24) is 0 Å². The number of benzene rings is 2. The highest BCUT2D eigenvalue weighted by molar-refractivity contribution is 6.22. The van der Waals surface area contributed by atoms with Crippen molar-refractivity contribution in [3.05, 3.63) is 66.2 Å². The van der Waals surface area contributed by atoms with Crippen molar-refractivity contribution in [1.29, 1.82) is 0 Å². The van der Waals surface area contributed by atoms with Crippen molar-refractivity contribution >= 4 is 23.5 Å². The lowest BCUT2D eigenvalue weighted by Gasteiger charge is -2.37. The molecule has 2 bridgehead atoms. The second kappa shape index (κ2) is 6.54. The van der Waals surface area contributed by atoms with E-state index in [1.54, 1.807) is 48.5 Å². The van der Waals surface area contributed by atoms with Gasteiger partial charge in [-0.15, -0.1) is 0 Å². The molecule has 31 heavy (non-hydrogen) atoms. The van der Waals surface area contributed by atoms with E-state index in [1.165, 1.54) is 12.0 Å². The molecule has 7 rings (SSSR count). The molecule has 2 aromatic rings. The fourth-order valence-electron chi connectivity index (χ4n) is 5.82. The van der Waals surface area contributed by atoms with Crippen LogP contribution in [0.1, 0.15) is 16.8 Å². The van der Waals surface area contributed by atoms with E-state index in [4.69, 9.17) is 9.47 Å².